The molecule has 3 rings (SSSR count). The van der Waals surface area contributed by atoms with Gasteiger partial charge >= 0.3 is 6.03 Å². The van der Waals surface area contributed by atoms with Crippen molar-refractivity contribution in [1.82, 2.24) is 10.6 Å². The number of carbonyl (C=O) groups excluding carboxylic acids is 1. The molecule has 5 heteroatoms. The molecule has 5 nitrogen and oxygen atoms in total. The lowest BCUT2D eigenvalue weighted by atomic mass is 9.89. The van der Waals surface area contributed by atoms with Crippen LogP contribution in [0.4, 0.5) is 4.79 Å². The van der Waals surface area contributed by atoms with E-state index < -0.39 is 0 Å². The molecule has 0 aliphatic carbocycles. The van der Waals surface area contributed by atoms with Gasteiger partial charge in [-0.05, 0) is 24.1 Å². The van der Waals surface area contributed by atoms with Crippen LogP contribution in [-0.2, 0) is 4.74 Å². The molecule has 1 aromatic carbocycles. The summed E-state index contributed by atoms with van der Waals surface area (Å²) >= 11 is 0. The maximum atomic E-state index is 11.6. The van der Waals surface area contributed by atoms with Crippen molar-refractivity contribution in [2.45, 2.75) is 18.7 Å². The van der Waals surface area contributed by atoms with E-state index in [0.717, 1.165) is 17.7 Å². The summed E-state index contributed by atoms with van der Waals surface area (Å²) < 4.78 is 10.7. The number of fused-ring (bicyclic) bond motifs is 1. The summed E-state index contributed by atoms with van der Waals surface area (Å²) in [5.41, 5.74) is 1.09. The molecule has 18 heavy (non-hydrogen) atoms. The lowest BCUT2D eigenvalue weighted by molar-refractivity contribution is 0.0487. The maximum absolute atomic E-state index is 11.6. The van der Waals surface area contributed by atoms with Crippen molar-refractivity contribution < 1.29 is 14.3 Å². The van der Waals surface area contributed by atoms with Crippen molar-refractivity contribution >= 4 is 6.03 Å². The first-order valence-electron chi connectivity index (χ1n) is 6.10. The molecule has 0 saturated carbocycles. The van der Waals surface area contributed by atoms with E-state index in [2.05, 4.69) is 10.6 Å². The van der Waals surface area contributed by atoms with Gasteiger partial charge in [0, 0.05) is 12.5 Å². The highest BCUT2D eigenvalue weighted by Gasteiger charge is 2.41. The molecule has 0 aromatic heterocycles. The van der Waals surface area contributed by atoms with Crippen LogP contribution in [0.15, 0.2) is 24.3 Å². The van der Waals surface area contributed by atoms with Gasteiger partial charge in [0.2, 0.25) is 0 Å². The second-order valence-corrected chi connectivity index (χ2v) is 4.61. The van der Waals surface area contributed by atoms with Gasteiger partial charge in [0.25, 0.3) is 0 Å². The molecule has 2 aliphatic rings. The number of urea groups is 1. The molecule has 2 fully saturated rings. The molecular formula is C13H16N2O3. The van der Waals surface area contributed by atoms with Crippen molar-refractivity contribution in [3.05, 3.63) is 29.8 Å². The molecule has 2 saturated heterocycles. The van der Waals surface area contributed by atoms with Crippen LogP contribution in [0.3, 0.4) is 0 Å². The second-order valence-electron chi connectivity index (χ2n) is 4.61. The maximum Gasteiger partial charge on any atom is 0.317 e. The van der Waals surface area contributed by atoms with Gasteiger partial charge in [0.1, 0.15) is 12.0 Å². The number of nitrogens with one attached hydrogen (secondary N) is 2. The van der Waals surface area contributed by atoms with Crippen molar-refractivity contribution in [3.8, 4) is 5.75 Å². The fraction of sp³-hybridized carbons (Fsp3) is 0.462. The second kappa shape index (κ2) is 4.49. The van der Waals surface area contributed by atoms with Gasteiger partial charge in [-0.25, -0.2) is 4.79 Å². The average Bonchev–Trinajstić information content (AvgIpc) is 2.86. The summed E-state index contributed by atoms with van der Waals surface area (Å²) in [5.74, 6) is 1.11. The minimum absolute atomic E-state index is 0.0113. The van der Waals surface area contributed by atoms with Gasteiger partial charge < -0.3 is 20.1 Å². The number of hydrogen-bond donors (Lipinski definition) is 2. The van der Waals surface area contributed by atoms with E-state index in [1.165, 1.54) is 0 Å². The highest BCUT2D eigenvalue weighted by atomic mass is 16.5. The summed E-state index contributed by atoms with van der Waals surface area (Å²) in [7, 11) is 1.64. The predicted octanol–water partition coefficient (Wildman–Crippen LogP) is 1.41. The monoisotopic (exact) mass is 248 g/mol. The third-order valence-electron chi connectivity index (χ3n) is 3.60. The van der Waals surface area contributed by atoms with Crippen LogP contribution in [0.1, 0.15) is 18.0 Å². The molecular weight excluding hydrogens is 232 g/mol. The van der Waals surface area contributed by atoms with E-state index in [1.54, 1.807) is 7.11 Å². The number of benzene rings is 1. The third kappa shape index (κ3) is 1.90. The van der Waals surface area contributed by atoms with Crippen LogP contribution in [-0.4, -0.2) is 26.0 Å². The van der Waals surface area contributed by atoms with Crippen LogP contribution >= 0.6 is 0 Å². The normalized spacial score (nSPS) is 30.3. The van der Waals surface area contributed by atoms with E-state index >= 15 is 0 Å². The topological polar surface area (TPSA) is 59.6 Å². The van der Waals surface area contributed by atoms with E-state index in [0.29, 0.717) is 6.61 Å². The van der Waals surface area contributed by atoms with Gasteiger partial charge in [-0.1, -0.05) is 12.1 Å². The van der Waals surface area contributed by atoms with E-state index in [-0.39, 0.29) is 24.2 Å². The molecule has 2 amide bonds. The van der Waals surface area contributed by atoms with Gasteiger partial charge in [0.05, 0.1) is 13.2 Å². The standard InChI is InChI=1S/C13H16N2O3/c1-17-9-4-2-8(3-5-9)11-10-6-7-18-12(10)15-13(16)14-11/h2-5,10-12H,6-7H2,1H3,(H2,14,15,16)/t10-,11-,12-/m1/s1. The van der Waals surface area contributed by atoms with Crippen LogP contribution in [0.25, 0.3) is 0 Å². The van der Waals surface area contributed by atoms with E-state index in [4.69, 9.17) is 9.47 Å². The summed E-state index contributed by atoms with van der Waals surface area (Å²) in [6, 6.07) is 7.65. The smallest absolute Gasteiger partial charge is 0.317 e. The molecule has 3 atom stereocenters. The van der Waals surface area contributed by atoms with Crippen LogP contribution < -0.4 is 15.4 Å². The molecule has 0 radical (unpaired) electrons. The van der Waals surface area contributed by atoms with Crippen LogP contribution in [0, 0.1) is 5.92 Å². The van der Waals surface area contributed by atoms with E-state index in [9.17, 15) is 4.79 Å². The summed E-state index contributed by atoms with van der Waals surface area (Å²) in [4.78, 5) is 11.6. The van der Waals surface area contributed by atoms with Gasteiger partial charge in [-0.2, -0.15) is 0 Å². The Balaban J connectivity index is 1.86. The first-order valence-corrected chi connectivity index (χ1v) is 6.10. The molecule has 2 heterocycles. The molecule has 1 aromatic rings. The van der Waals surface area contributed by atoms with Gasteiger partial charge in [-0.15, -0.1) is 0 Å². The molecule has 96 valence electrons. The van der Waals surface area contributed by atoms with Crippen molar-refractivity contribution in [3.63, 3.8) is 0 Å². The van der Waals surface area contributed by atoms with Gasteiger partial charge in [-0.3, -0.25) is 0 Å². The zero-order valence-electron chi connectivity index (χ0n) is 10.2. The van der Waals surface area contributed by atoms with Crippen molar-refractivity contribution in [1.29, 1.82) is 0 Å². The third-order valence-corrected chi connectivity index (χ3v) is 3.60. The Morgan fingerprint density at radius 1 is 1.28 bits per heavy atom. The SMILES string of the molecule is COc1ccc([C@H]2NC(=O)N[C@@H]3OCC[C@@H]32)cc1. The summed E-state index contributed by atoms with van der Waals surface area (Å²) in [6.45, 7) is 0.698. The molecule has 0 unspecified atom stereocenters. The number of hydrogen-bond acceptors (Lipinski definition) is 3. The average molecular weight is 248 g/mol. The Hall–Kier alpha value is -1.75. The fourth-order valence-corrected chi connectivity index (χ4v) is 2.66. The minimum Gasteiger partial charge on any atom is -0.497 e. The Kier molecular flexibility index (Phi) is 2.83. The Bertz CT molecular complexity index is 446. The number of amides is 2. The number of rotatable bonds is 2. The quantitative estimate of drug-likeness (QED) is 0.832. The zero-order chi connectivity index (χ0) is 12.5. The Morgan fingerprint density at radius 3 is 2.78 bits per heavy atom. The van der Waals surface area contributed by atoms with Crippen molar-refractivity contribution in [2.24, 2.45) is 5.92 Å². The first-order chi connectivity index (χ1) is 8.78. The molecule has 0 bridgehead atoms. The highest BCUT2D eigenvalue weighted by molar-refractivity contribution is 5.75. The zero-order valence-corrected chi connectivity index (χ0v) is 10.2. The van der Waals surface area contributed by atoms with Crippen molar-refractivity contribution in [2.75, 3.05) is 13.7 Å². The lowest BCUT2D eigenvalue weighted by Crippen LogP contribution is -2.54. The first kappa shape index (κ1) is 11.3. The Labute approximate surface area is 105 Å². The number of carbonyl (C=O) groups is 1. The van der Waals surface area contributed by atoms with Crippen LogP contribution in [0.2, 0.25) is 0 Å². The Morgan fingerprint density at radius 2 is 2.06 bits per heavy atom. The minimum atomic E-state index is -0.168. The lowest BCUT2D eigenvalue weighted by Gasteiger charge is -2.34. The molecule has 2 aliphatic heterocycles. The fourth-order valence-electron chi connectivity index (χ4n) is 2.66. The van der Waals surface area contributed by atoms with E-state index in [1.807, 2.05) is 24.3 Å². The summed E-state index contributed by atoms with van der Waals surface area (Å²) in [5, 5.41) is 5.77. The molecule has 2 N–H and O–H groups in total. The summed E-state index contributed by atoms with van der Waals surface area (Å²) in [6.07, 6.45) is 0.792. The largest absolute Gasteiger partial charge is 0.497 e. The number of methoxy groups -OCH3 is 1. The number of ether oxygens (including phenoxy) is 2. The highest BCUT2D eigenvalue weighted by Crippen LogP contribution is 2.35. The van der Waals surface area contributed by atoms with Crippen LogP contribution in [0.5, 0.6) is 5.75 Å². The molecule has 0 spiro atoms. The van der Waals surface area contributed by atoms with Gasteiger partial charge in [0.15, 0.2) is 0 Å². The predicted molar refractivity (Wildman–Crippen MR) is 65.2 cm³/mol.